The summed E-state index contributed by atoms with van der Waals surface area (Å²) in [7, 11) is 3.13. The Labute approximate surface area is 163 Å². The minimum atomic E-state index is -0.920. The van der Waals surface area contributed by atoms with Crippen molar-refractivity contribution < 1.29 is 23.8 Å². The molecule has 0 aliphatic carbocycles. The van der Waals surface area contributed by atoms with Gasteiger partial charge in [-0.1, -0.05) is 17.7 Å². The van der Waals surface area contributed by atoms with Gasteiger partial charge < -0.3 is 19.5 Å². The third-order valence-electron chi connectivity index (χ3n) is 3.80. The van der Waals surface area contributed by atoms with Gasteiger partial charge in [0.1, 0.15) is 11.5 Å². The molecule has 0 aliphatic heterocycles. The molecule has 2 aromatic carbocycles. The van der Waals surface area contributed by atoms with Gasteiger partial charge in [0.15, 0.2) is 6.10 Å². The van der Waals surface area contributed by atoms with Crippen LogP contribution in [0.2, 0.25) is 5.02 Å². The Bertz CT molecular complexity index is 786. The van der Waals surface area contributed by atoms with Crippen LogP contribution >= 0.6 is 11.6 Å². The van der Waals surface area contributed by atoms with Crippen molar-refractivity contribution in [3.8, 4) is 11.5 Å². The van der Waals surface area contributed by atoms with Gasteiger partial charge in [0.2, 0.25) is 0 Å². The maximum absolute atomic E-state index is 12.1. The summed E-state index contributed by atoms with van der Waals surface area (Å²) in [5, 5.41) is 3.16. The first-order chi connectivity index (χ1) is 12.9. The van der Waals surface area contributed by atoms with Crippen molar-refractivity contribution in [2.75, 3.05) is 19.5 Å². The largest absolute Gasteiger partial charge is 0.497 e. The van der Waals surface area contributed by atoms with E-state index in [0.29, 0.717) is 28.6 Å². The maximum Gasteiger partial charge on any atom is 0.306 e. The molecular weight excluding hydrogens is 370 g/mol. The zero-order valence-electron chi connectivity index (χ0n) is 15.5. The lowest BCUT2D eigenvalue weighted by Crippen LogP contribution is -2.30. The van der Waals surface area contributed by atoms with E-state index in [1.54, 1.807) is 44.6 Å². The number of rotatable bonds is 8. The topological polar surface area (TPSA) is 73.9 Å². The monoisotopic (exact) mass is 391 g/mol. The lowest BCUT2D eigenvalue weighted by Gasteiger charge is -2.14. The molecule has 144 valence electrons. The second kappa shape index (κ2) is 9.83. The summed E-state index contributed by atoms with van der Waals surface area (Å²) in [4.78, 5) is 24.2. The Balaban J connectivity index is 1.86. The highest BCUT2D eigenvalue weighted by Gasteiger charge is 2.18. The summed E-state index contributed by atoms with van der Waals surface area (Å²) in [6.45, 7) is 1.52. The Morgan fingerprint density at radius 3 is 2.33 bits per heavy atom. The first kappa shape index (κ1) is 20.6. The summed E-state index contributed by atoms with van der Waals surface area (Å²) in [6.07, 6.45) is -0.350. The molecule has 0 fully saturated rings. The van der Waals surface area contributed by atoms with Gasteiger partial charge in [0, 0.05) is 23.2 Å². The van der Waals surface area contributed by atoms with Crippen LogP contribution in [-0.4, -0.2) is 32.2 Å². The molecule has 0 aliphatic rings. The molecule has 0 saturated carbocycles. The van der Waals surface area contributed by atoms with E-state index in [1.165, 1.54) is 6.92 Å². The summed E-state index contributed by atoms with van der Waals surface area (Å²) >= 11 is 5.88. The maximum atomic E-state index is 12.1. The van der Waals surface area contributed by atoms with Gasteiger partial charge in [0.05, 0.1) is 14.2 Å². The average molecular weight is 392 g/mol. The standard InChI is InChI=1S/C20H22ClNO5/c1-13(20(24)22-16-6-4-5-15(21)11-16)27-19(23)8-7-14-9-17(25-2)12-18(10-14)26-3/h4-6,9-13H,7-8H2,1-3H3,(H,22,24)/t13-/m0/s1. The van der Waals surface area contributed by atoms with Crippen LogP contribution in [0.1, 0.15) is 18.9 Å². The Morgan fingerprint density at radius 2 is 1.74 bits per heavy atom. The molecule has 2 aromatic rings. The molecule has 0 heterocycles. The molecule has 0 radical (unpaired) electrons. The lowest BCUT2D eigenvalue weighted by molar-refractivity contribution is -0.153. The highest BCUT2D eigenvalue weighted by Crippen LogP contribution is 2.23. The molecule has 1 atom stereocenters. The number of hydrogen-bond donors (Lipinski definition) is 1. The van der Waals surface area contributed by atoms with E-state index in [1.807, 2.05) is 12.1 Å². The van der Waals surface area contributed by atoms with E-state index in [4.69, 9.17) is 25.8 Å². The normalized spacial score (nSPS) is 11.4. The number of anilines is 1. The van der Waals surface area contributed by atoms with Gasteiger partial charge in [-0.05, 0) is 49.2 Å². The Hall–Kier alpha value is -2.73. The van der Waals surface area contributed by atoms with Crippen LogP contribution in [0, 0.1) is 0 Å². The van der Waals surface area contributed by atoms with Gasteiger partial charge in [-0.3, -0.25) is 9.59 Å². The van der Waals surface area contributed by atoms with Crippen LogP contribution < -0.4 is 14.8 Å². The van der Waals surface area contributed by atoms with Gasteiger partial charge in [-0.15, -0.1) is 0 Å². The first-order valence-electron chi connectivity index (χ1n) is 8.39. The highest BCUT2D eigenvalue weighted by atomic mass is 35.5. The number of esters is 1. The smallest absolute Gasteiger partial charge is 0.306 e. The number of carbonyl (C=O) groups excluding carboxylic acids is 2. The van der Waals surface area contributed by atoms with Crippen molar-refractivity contribution in [3.05, 3.63) is 53.1 Å². The van der Waals surface area contributed by atoms with Crippen molar-refractivity contribution >= 4 is 29.2 Å². The van der Waals surface area contributed by atoms with Gasteiger partial charge in [-0.2, -0.15) is 0 Å². The molecule has 0 saturated heterocycles. The minimum Gasteiger partial charge on any atom is -0.497 e. The summed E-state index contributed by atoms with van der Waals surface area (Å²) in [5.74, 6) is 0.401. The van der Waals surface area contributed by atoms with Crippen LogP contribution in [0.4, 0.5) is 5.69 Å². The van der Waals surface area contributed by atoms with Crippen molar-refractivity contribution in [3.63, 3.8) is 0 Å². The number of carbonyl (C=O) groups is 2. The molecule has 0 unspecified atom stereocenters. The van der Waals surface area contributed by atoms with Crippen LogP contribution in [0.25, 0.3) is 0 Å². The fourth-order valence-corrected chi connectivity index (χ4v) is 2.57. The number of benzene rings is 2. The third kappa shape index (κ3) is 6.49. The van der Waals surface area contributed by atoms with Gasteiger partial charge >= 0.3 is 5.97 Å². The van der Waals surface area contributed by atoms with Crippen molar-refractivity contribution in [2.45, 2.75) is 25.9 Å². The van der Waals surface area contributed by atoms with Crippen LogP contribution in [0.5, 0.6) is 11.5 Å². The van der Waals surface area contributed by atoms with E-state index in [-0.39, 0.29) is 6.42 Å². The van der Waals surface area contributed by atoms with Crippen molar-refractivity contribution in [1.82, 2.24) is 0 Å². The fourth-order valence-electron chi connectivity index (χ4n) is 2.38. The van der Waals surface area contributed by atoms with Crippen molar-refractivity contribution in [1.29, 1.82) is 0 Å². The third-order valence-corrected chi connectivity index (χ3v) is 4.03. The summed E-state index contributed by atoms with van der Waals surface area (Å²) in [6, 6.07) is 12.1. The predicted octanol–water partition coefficient (Wildman–Crippen LogP) is 3.86. The van der Waals surface area contributed by atoms with Crippen LogP contribution in [0.15, 0.2) is 42.5 Å². The average Bonchev–Trinajstić information content (AvgIpc) is 2.66. The molecule has 1 N–H and O–H groups in total. The Kier molecular flexibility index (Phi) is 7.49. The molecule has 27 heavy (non-hydrogen) atoms. The molecule has 1 amide bonds. The number of amides is 1. The molecule has 7 heteroatoms. The summed E-state index contributed by atoms with van der Waals surface area (Å²) < 4.78 is 15.6. The van der Waals surface area contributed by atoms with E-state index in [2.05, 4.69) is 5.32 Å². The van der Waals surface area contributed by atoms with E-state index in [0.717, 1.165) is 5.56 Å². The number of hydrogen-bond acceptors (Lipinski definition) is 5. The first-order valence-corrected chi connectivity index (χ1v) is 8.77. The second-order valence-corrected chi connectivity index (χ2v) is 6.29. The summed E-state index contributed by atoms with van der Waals surface area (Å²) in [5.41, 5.74) is 1.41. The number of halogens is 1. The fraction of sp³-hybridized carbons (Fsp3) is 0.300. The van der Waals surface area contributed by atoms with E-state index in [9.17, 15) is 9.59 Å². The quantitative estimate of drug-likeness (QED) is 0.691. The number of nitrogens with one attached hydrogen (secondary N) is 1. The van der Waals surface area contributed by atoms with E-state index < -0.39 is 18.0 Å². The molecule has 0 bridgehead atoms. The van der Waals surface area contributed by atoms with Gasteiger partial charge in [0.25, 0.3) is 5.91 Å². The number of aryl methyl sites for hydroxylation is 1. The number of methoxy groups -OCH3 is 2. The number of ether oxygens (including phenoxy) is 3. The molecular formula is C20H22ClNO5. The molecule has 6 nitrogen and oxygen atoms in total. The van der Waals surface area contributed by atoms with E-state index >= 15 is 0 Å². The minimum absolute atomic E-state index is 0.130. The van der Waals surface area contributed by atoms with Crippen LogP contribution in [-0.2, 0) is 20.7 Å². The molecule has 0 spiro atoms. The molecule has 2 rings (SSSR count). The predicted molar refractivity (Wildman–Crippen MR) is 104 cm³/mol. The Morgan fingerprint density at radius 1 is 1.07 bits per heavy atom. The van der Waals surface area contributed by atoms with Gasteiger partial charge in [-0.25, -0.2) is 0 Å². The zero-order chi connectivity index (χ0) is 19.8. The molecule has 0 aromatic heterocycles. The highest BCUT2D eigenvalue weighted by molar-refractivity contribution is 6.30. The SMILES string of the molecule is COc1cc(CCC(=O)O[C@@H](C)C(=O)Nc2cccc(Cl)c2)cc(OC)c1. The van der Waals surface area contributed by atoms with Crippen LogP contribution in [0.3, 0.4) is 0 Å². The lowest BCUT2D eigenvalue weighted by atomic mass is 10.1. The zero-order valence-corrected chi connectivity index (χ0v) is 16.2. The second-order valence-electron chi connectivity index (χ2n) is 5.85. The van der Waals surface area contributed by atoms with Crippen molar-refractivity contribution in [2.24, 2.45) is 0 Å².